The molecule has 0 radical (unpaired) electrons. The Bertz CT molecular complexity index is 1250. The van der Waals surface area contributed by atoms with Gasteiger partial charge in [-0.05, 0) is 102 Å². The second-order valence-electron chi connectivity index (χ2n) is 7.35. The van der Waals surface area contributed by atoms with Gasteiger partial charge in [-0.2, -0.15) is 0 Å². The molecule has 0 saturated heterocycles. The van der Waals surface area contributed by atoms with Gasteiger partial charge in [0.1, 0.15) is 6.61 Å². The molecule has 0 aromatic heterocycles. The van der Waals surface area contributed by atoms with E-state index < -0.39 is 5.97 Å². The number of aryl methyl sites for hydroxylation is 1. The van der Waals surface area contributed by atoms with Gasteiger partial charge >= 0.3 is 5.97 Å². The highest BCUT2D eigenvalue weighted by Crippen LogP contribution is 2.31. The van der Waals surface area contributed by atoms with Crippen molar-refractivity contribution in [1.29, 1.82) is 0 Å². The van der Waals surface area contributed by atoms with Crippen LogP contribution in [0.5, 0.6) is 11.5 Å². The van der Waals surface area contributed by atoms with Crippen LogP contribution in [0.15, 0.2) is 75.8 Å². The van der Waals surface area contributed by atoms with E-state index in [1.54, 1.807) is 6.08 Å². The summed E-state index contributed by atoms with van der Waals surface area (Å²) >= 11 is 5.70. The SMILES string of the molecule is CCOc1cc(/C=C2\N=C(c3ccc(I)c(C)c3)OC2=O)ccc1OCc1ccc(Br)cc1. The zero-order valence-electron chi connectivity index (χ0n) is 18.1. The third kappa shape index (κ3) is 5.83. The summed E-state index contributed by atoms with van der Waals surface area (Å²) in [4.78, 5) is 16.8. The van der Waals surface area contributed by atoms with Crippen LogP contribution in [0, 0.1) is 10.5 Å². The molecule has 7 heteroatoms. The molecule has 1 aliphatic rings. The molecule has 3 aromatic rings. The predicted molar refractivity (Wildman–Crippen MR) is 141 cm³/mol. The van der Waals surface area contributed by atoms with E-state index in [-0.39, 0.29) is 5.70 Å². The van der Waals surface area contributed by atoms with E-state index >= 15 is 0 Å². The minimum Gasteiger partial charge on any atom is -0.490 e. The quantitative estimate of drug-likeness (QED) is 0.169. The summed E-state index contributed by atoms with van der Waals surface area (Å²) in [6.45, 7) is 4.83. The molecule has 1 heterocycles. The lowest BCUT2D eigenvalue weighted by atomic mass is 10.1. The number of carbonyl (C=O) groups excluding carboxylic acids is 1. The maximum atomic E-state index is 12.4. The van der Waals surface area contributed by atoms with Crippen LogP contribution >= 0.6 is 38.5 Å². The van der Waals surface area contributed by atoms with Crippen molar-refractivity contribution >= 4 is 56.5 Å². The second-order valence-corrected chi connectivity index (χ2v) is 9.43. The topological polar surface area (TPSA) is 57.1 Å². The van der Waals surface area contributed by atoms with Gasteiger partial charge in [-0.15, -0.1) is 0 Å². The molecule has 0 fully saturated rings. The predicted octanol–water partition coefficient (Wildman–Crippen LogP) is 6.68. The first kappa shape index (κ1) is 23.5. The van der Waals surface area contributed by atoms with Crippen LogP contribution in [0.3, 0.4) is 0 Å². The number of nitrogens with zero attached hydrogens (tertiary/aromatic N) is 1. The van der Waals surface area contributed by atoms with Crippen molar-refractivity contribution in [1.82, 2.24) is 0 Å². The lowest BCUT2D eigenvalue weighted by Crippen LogP contribution is -2.05. The van der Waals surface area contributed by atoms with Crippen LogP contribution in [0.25, 0.3) is 6.08 Å². The largest absolute Gasteiger partial charge is 0.490 e. The smallest absolute Gasteiger partial charge is 0.363 e. The molecule has 4 rings (SSSR count). The Morgan fingerprint density at radius 1 is 1.03 bits per heavy atom. The van der Waals surface area contributed by atoms with Gasteiger partial charge in [-0.1, -0.05) is 34.1 Å². The molecule has 0 aliphatic carbocycles. The Morgan fingerprint density at radius 2 is 1.82 bits per heavy atom. The molecule has 0 spiro atoms. The molecule has 0 saturated carbocycles. The van der Waals surface area contributed by atoms with Gasteiger partial charge in [0.05, 0.1) is 6.61 Å². The van der Waals surface area contributed by atoms with E-state index in [0.717, 1.165) is 30.3 Å². The van der Waals surface area contributed by atoms with Crippen molar-refractivity contribution in [3.8, 4) is 11.5 Å². The average Bonchev–Trinajstić information content (AvgIpc) is 3.16. The summed E-state index contributed by atoms with van der Waals surface area (Å²) in [5.74, 6) is 1.07. The highest BCUT2D eigenvalue weighted by atomic mass is 127. The van der Waals surface area contributed by atoms with Crippen molar-refractivity contribution < 1.29 is 19.0 Å². The molecule has 1 aliphatic heterocycles. The first-order valence-electron chi connectivity index (χ1n) is 10.4. The van der Waals surface area contributed by atoms with Crippen LogP contribution in [0.4, 0.5) is 0 Å². The van der Waals surface area contributed by atoms with Gasteiger partial charge in [0.25, 0.3) is 0 Å². The van der Waals surface area contributed by atoms with Crippen LogP contribution in [0.2, 0.25) is 0 Å². The Kier molecular flexibility index (Phi) is 7.49. The van der Waals surface area contributed by atoms with Crippen LogP contribution in [-0.2, 0) is 16.1 Å². The maximum absolute atomic E-state index is 12.4. The molecule has 0 bridgehead atoms. The van der Waals surface area contributed by atoms with Gasteiger partial charge in [0, 0.05) is 13.6 Å². The minimum absolute atomic E-state index is 0.243. The van der Waals surface area contributed by atoms with Crippen molar-refractivity contribution in [2.75, 3.05) is 6.61 Å². The van der Waals surface area contributed by atoms with Gasteiger partial charge in [0.15, 0.2) is 17.2 Å². The second kappa shape index (κ2) is 10.5. The Balaban J connectivity index is 1.56. The van der Waals surface area contributed by atoms with Crippen molar-refractivity contribution in [3.63, 3.8) is 0 Å². The monoisotopic (exact) mass is 617 g/mol. The standard InChI is InChI=1S/C26H21BrINO4/c1-3-31-24-14-18(6-11-23(24)32-15-17-4-8-20(27)9-5-17)13-22-26(30)33-25(29-22)19-7-10-21(28)16(2)12-19/h4-14H,3,15H2,1-2H3/b22-13-. The van der Waals surface area contributed by atoms with Crippen LogP contribution < -0.4 is 9.47 Å². The molecular formula is C26H21BrINO4. The Morgan fingerprint density at radius 3 is 2.55 bits per heavy atom. The van der Waals surface area contributed by atoms with Gasteiger partial charge < -0.3 is 14.2 Å². The molecule has 168 valence electrons. The number of halogens is 2. The number of benzene rings is 3. The molecular weight excluding hydrogens is 597 g/mol. The summed E-state index contributed by atoms with van der Waals surface area (Å²) in [5, 5.41) is 0. The normalized spacial score (nSPS) is 14.2. The van der Waals surface area contributed by atoms with Gasteiger partial charge in [-0.3, -0.25) is 0 Å². The van der Waals surface area contributed by atoms with Crippen LogP contribution in [0.1, 0.15) is 29.2 Å². The first-order valence-corrected chi connectivity index (χ1v) is 12.2. The number of ether oxygens (including phenoxy) is 3. The third-order valence-corrected chi connectivity index (χ3v) is 6.64. The fourth-order valence-corrected chi connectivity index (χ4v) is 3.81. The molecule has 33 heavy (non-hydrogen) atoms. The fraction of sp³-hybridized carbons (Fsp3) is 0.154. The van der Waals surface area contributed by atoms with Crippen molar-refractivity contribution in [3.05, 3.63) is 96.7 Å². The molecule has 0 unspecified atom stereocenters. The molecule has 0 amide bonds. The lowest BCUT2D eigenvalue weighted by molar-refractivity contribution is -0.129. The Labute approximate surface area is 214 Å². The number of rotatable bonds is 7. The summed E-state index contributed by atoms with van der Waals surface area (Å²) in [6.07, 6.45) is 1.69. The van der Waals surface area contributed by atoms with Crippen molar-refractivity contribution in [2.24, 2.45) is 4.99 Å². The highest BCUT2D eigenvalue weighted by molar-refractivity contribution is 14.1. The molecule has 0 atom stereocenters. The Hall–Kier alpha value is -2.65. The molecule has 0 N–H and O–H groups in total. The fourth-order valence-electron chi connectivity index (χ4n) is 3.21. The van der Waals surface area contributed by atoms with E-state index in [2.05, 4.69) is 43.5 Å². The van der Waals surface area contributed by atoms with E-state index in [4.69, 9.17) is 14.2 Å². The van der Waals surface area contributed by atoms with E-state index in [0.29, 0.717) is 30.6 Å². The summed E-state index contributed by atoms with van der Waals surface area (Å²) in [7, 11) is 0. The summed E-state index contributed by atoms with van der Waals surface area (Å²) in [5.41, 5.74) is 3.94. The maximum Gasteiger partial charge on any atom is 0.363 e. The number of esters is 1. The average molecular weight is 618 g/mol. The zero-order chi connectivity index (χ0) is 23.4. The van der Waals surface area contributed by atoms with Gasteiger partial charge in [0.2, 0.25) is 5.90 Å². The highest BCUT2D eigenvalue weighted by Gasteiger charge is 2.24. The van der Waals surface area contributed by atoms with E-state index in [1.807, 2.05) is 74.5 Å². The number of cyclic esters (lactones) is 1. The summed E-state index contributed by atoms with van der Waals surface area (Å²) < 4.78 is 19.3. The van der Waals surface area contributed by atoms with Crippen molar-refractivity contribution in [2.45, 2.75) is 20.5 Å². The summed E-state index contributed by atoms with van der Waals surface area (Å²) in [6, 6.07) is 19.3. The van der Waals surface area contributed by atoms with Crippen LogP contribution in [-0.4, -0.2) is 18.5 Å². The lowest BCUT2D eigenvalue weighted by Gasteiger charge is -2.13. The number of carbonyl (C=O) groups is 1. The first-order chi connectivity index (χ1) is 15.9. The van der Waals surface area contributed by atoms with E-state index in [1.165, 1.54) is 0 Å². The van der Waals surface area contributed by atoms with E-state index in [9.17, 15) is 4.79 Å². The number of hydrogen-bond donors (Lipinski definition) is 0. The number of hydrogen-bond acceptors (Lipinski definition) is 5. The minimum atomic E-state index is -0.477. The zero-order valence-corrected chi connectivity index (χ0v) is 21.8. The van der Waals surface area contributed by atoms with Gasteiger partial charge in [-0.25, -0.2) is 9.79 Å². The molecule has 5 nitrogen and oxygen atoms in total. The number of aliphatic imine (C=N–C) groups is 1. The molecule has 3 aromatic carbocycles. The third-order valence-electron chi connectivity index (χ3n) is 4.90.